The van der Waals surface area contributed by atoms with Gasteiger partial charge in [0.15, 0.2) is 5.82 Å². The third-order valence-corrected chi connectivity index (χ3v) is 2.57. The topological polar surface area (TPSA) is 47.7 Å². The fraction of sp³-hybridized carbons (Fsp3) is 0.455. The molecule has 0 aromatic carbocycles. The monoisotopic (exact) mass is 255 g/mol. The van der Waals surface area contributed by atoms with Crippen LogP contribution >= 0.6 is 12.4 Å². The standard InChI is InChI=1S/C11H17N5.ClH/c1-8-6-15(3)14-11(8)12-5-10-7-16(4)13-9(10)2;/h6-7H,5H2,1-4H3,(H,12,14);1H. The van der Waals surface area contributed by atoms with Gasteiger partial charge in [0.1, 0.15) is 0 Å². The molecule has 2 rings (SSSR count). The largest absolute Gasteiger partial charge is 0.364 e. The van der Waals surface area contributed by atoms with Crippen molar-refractivity contribution in [3.05, 3.63) is 29.2 Å². The van der Waals surface area contributed by atoms with E-state index in [1.54, 1.807) is 0 Å². The summed E-state index contributed by atoms with van der Waals surface area (Å²) in [6, 6.07) is 0. The van der Waals surface area contributed by atoms with Crippen LogP contribution in [0.15, 0.2) is 12.4 Å². The molecule has 2 aromatic heterocycles. The lowest BCUT2D eigenvalue weighted by Gasteiger charge is -2.02. The van der Waals surface area contributed by atoms with Crippen LogP contribution in [0.2, 0.25) is 0 Å². The zero-order valence-electron chi connectivity index (χ0n) is 10.6. The molecule has 2 aromatic rings. The third-order valence-electron chi connectivity index (χ3n) is 2.57. The van der Waals surface area contributed by atoms with Crippen molar-refractivity contribution in [3.63, 3.8) is 0 Å². The highest BCUT2D eigenvalue weighted by Gasteiger charge is 2.05. The Kier molecular flexibility index (Phi) is 4.17. The molecule has 0 aliphatic rings. The molecule has 0 radical (unpaired) electrons. The zero-order chi connectivity index (χ0) is 11.7. The van der Waals surface area contributed by atoms with E-state index in [2.05, 4.69) is 15.5 Å². The maximum absolute atomic E-state index is 4.34. The molecule has 2 heterocycles. The van der Waals surface area contributed by atoms with Crippen molar-refractivity contribution in [1.29, 1.82) is 0 Å². The zero-order valence-corrected chi connectivity index (χ0v) is 11.4. The van der Waals surface area contributed by atoms with Gasteiger partial charge in [-0.1, -0.05) is 0 Å². The van der Waals surface area contributed by atoms with Crippen LogP contribution in [0.5, 0.6) is 0 Å². The van der Waals surface area contributed by atoms with Crippen LogP contribution in [0.25, 0.3) is 0 Å². The van der Waals surface area contributed by atoms with E-state index < -0.39 is 0 Å². The second-order valence-electron chi connectivity index (χ2n) is 4.10. The van der Waals surface area contributed by atoms with Gasteiger partial charge >= 0.3 is 0 Å². The molecule has 0 aliphatic heterocycles. The van der Waals surface area contributed by atoms with E-state index >= 15 is 0 Å². The first-order valence-corrected chi connectivity index (χ1v) is 5.29. The fourth-order valence-electron chi connectivity index (χ4n) is 1.78. The van der Waals surface area contributed by atoms with Crippen LogP contribution in [-0.4, -0.2) is 19.6 Å². The summed E-state index contributed by atoms with van der Waals surface area (Å²) in [6.45, 7) is 4.82. The number of aromatic nitrogens is 4. The molecule has 0 saturated carbocycles. The van der Waals surface area contributed by atoms with Crippen molar-refractivity contribution in [1.82, 2.24) is 19.6 Å². The van der Waals surface area contributed by atoms with Gasteiger partial charge in [-0.3, -0.25) is 9.36 Å². The van der Waals surface area contributed by atoms with Gasteiger partial charge in [-0.25, -0.2) is 0 Å². The minimum atomic E-state index is 0. The van der Waals surface area contributed by atoms with Gasteiger partial charge in [0.25, 0.3) is 0 Å². The number of nitrogens with zero attached hydrogens (tertiary/aromatic N) is 4. The quantitative estimate of drug-likeness (QED) is 0.910. The van der Waals surface area contributed by atoms with Crippen LogP contribution in [0.3, 0.4) is 0 Å². The molecule has 0 atom stereocenters. The molecule has 0 unspecified atom stereocenters. The molecule has 0 aliphatic carbocycles. The molecule has 0 bridgehead atoms. The number of aryl methyl sites for hydroxylation is 4. The lowest BCUT2D eigenvalue weighted by atomic mass is 10.2. The Morgan fingerprint density at radius 3 is 2.24 bits per heavy atom. The fourth-order valence-corrected chi connectivity index (χ4v) is 1.78. The Morgan fingerprint density at radius 1 is 1.12 bits per heavy atom. The Hall–Kier alpha value is -1.49. The molecule has 0 fully saturated rings. The van der Waals surface area contributed by atoms with E-state index in [0.29, 0.717) is 0 Å². The molecule has 17 heavy (non-hydrogen) atoms. The predicted octanol–water partition coefficient (Wildman–Crippen LogP) is 1.80. The summed E-state index contributed by atoms with van der Waals surface area (Å²) < 4.78 is 3.64. The number of nitrogens with one attached hydrogen (secondary N) is 1. The molecule has 94 valence electrons. The number of rotatable bonds is 3. The molecule has 5 nitrogen and oxygen atoms in total. The van der Waals surface area contributed by atoms with Crippen LogP contribution in [0, 0.1) is 13.8 Å². The lowest BCUT2D eigenvalue weighted by molar-refractivity contribution is 0.756. The van der Waals surface area contributed by atoms with Crippen LogP contribution in [-0.2, 0) is 20.6 Å². The van der Waals surface area contributed by atoms with Gasteiger partial charge in [-0.05, 0) is 13.8 Å². The first kappa shape index (κ1) is 13.6. The minimum Gasteiger partial charge on any atom is -0.364 e. The normalized spacial score (nSPS) is 10.1. The summed E-state index contributed by atoms with van der Waals surface area (Å²) in [5.41, 5.74) is 3.42. The molecular weight excluding hydrogens is 238 g/mol. The summed E-state index contributed by atoms with van der Waals surface area (Å²) in [5.74, 6) is 0.936. The van der Waals surface area contributed by atoms with E-state index in [1.165, 1.54) is 5.56 Å². The number of hydrogen-bond acceptors (Lipinski definition) is 3. The molecule has 6 heteroatoms. The van der Waals surface area contributed by atoms with Gasteiger partial charge < -0.3 is 5.32 Å². The van der Waals surface area contributed by atoms with Crippen LogP contribution in [0.1, 0.15) is 16.8 Å². The minimum absolute atomic E-state index is 0. The summed E-state index contributed by atoms with van der Waals surface area (Å²) in [7, 11) is 3.86. The SMILES string of the molecule is Cc1cn(C)nc1NCc1cn(C)nc1C.Cl. The molecule has 0 spiro atoms. The number of halogens is 1. The number of anilines is 1. The highest BCUT2D eigenvalue weighted by molar-refractivity contribution is 5.85. The van der Waals surface area contributed by atoms with Gasteiger partial charge in [-0.15, -0.1) is 12.4 Å². The highest BCUT2D eigenvalue weighted by atomic mass is 35.5. The van der Waals surface area contributed by atoms with Crippen molar-refractivity contribution in [3.8, 4) is 0 Å². The molecular formula is C11H18ClN5. The van der Waals surface area contributed by atoms with Crippen LogP contribution in [0.4, 0.5) is 5.82 Å². The maximum Gasteiger partial charge on any atom is 0.151 e. The summed E-state index contributed by atoms with van der Waals surface area (Å²) >= 11 is 0. The maximum atomic E-state index is 4.34. The van der Waals surface area contributed by atoms with E-state index in [-0.39, 0.29) is 12.4 Å². The van der Waals surface area contributed by atoms with Gasteiger partial charge in [-0.2, -0.15) is 10.2 Å². The van der Waals surface area contributed by atoms with Gasteiger partial charge in [0, 0.05) is 44.2 Å². The second-order valence-corrected chi connectivity index (χ2v) is 4.10. The lowest BCUT2D eigenvalue weighted by Crippen LogP contribution is -2.02. The predicted molar refractivity (Wildman–Crippen MR) is 70.5 cm³/mol. The number of hydrogen-bond donors (Lipinski definition) is 1. The van der Waals surface area contributed by atoms with E-state index in [4.69, 9.17) is 0 Å². The molecule has 1 N–H and O–H groups in total. The van der Waals surface area contributed by atoms with Crippen molar-refractivity contribution >= 4 is 18.2 Å². The van der Waals surface area contributed by atoms with E-state index in [0.717, 1.165) is 23.6 Å². The Bertz CT molecular complexity index is 454. The Labute approximate surface area is 107 Å². The van der Waals surface area contributed by atoms with Gasteiger partial charge in [0.05, 0.1) is 5.69 Å². The molecule has 0 amide bonds. The summed E-state index contributed by atoms with van der Waals surface area (Å²) in [6.07, 6.45) is 4.03. The van der Waals surface area contributed by atoms with Crippen molar-refractivity contribution in [2.24, 2.45) is 14.1 Å². The van der Waals surface area contributed by atoms with Gasteiger partial charge in [0.2, 0.25) is 0 Å². The van der Waals surface area contributed by atoms with E-state index in [9.17, 15) is 0 Å². The first-order valence-electron chi connectivity index (χ1n) is 5.29. The summed E-state index contributed by atoms with van der Waals surface area (Å²) in [5, 5.41) is 12.0. The van der Waals surface area contributed by atoms with Crippen molar-refractivity contribution in [2.45, 2.75) is 20.4 Å². The Morgan fingerprint density at radius 2 is 1.76 bits per heavy atom. The first-order chi connectivity index (χ1) is 7.56. The van der Waals surface area contributed by atoms with E-state index in [1.807, 2.05) is 49.7 Å². The van der Waals surface area contributed by atoms with Crippen LogP contribution < -0.4 is 5.32 Å². The Balaban J connectivity index is 0.00000144. The van der Waals surface area contributed by atoms with Crippen molar-refractivity contribution < 1.29 is 0 Å². The average molecular weight is 256 g/mol. The smallest absolute Gasteiger partial charge is 0.151 e. The molecule has 0 saturated heterocycles. The highest BCUT2D eigenvalue weighted by Crippen LogP contribution is 2.13. The van der Waals surface area contributed by atoms with Crippen molar-refractivity contribution in [2.75, 3.05) is 5.32 Å². The average Bonchev–Trinajstić information content (AvgIpc) is 2.66. The summed E-state index contributed by atoms with van der Waals surface area (Å²) in [4.78, 5) is 0. The third kappa shape index (κ3) is 3.00. The second kappa shape index (κ2) is 5.23.